The molecule has 0 heterocycles. The van der Waals surface area contributed by atoms with E-state index in [2.05, 4.69) is 5.32 Å². The molecule has 188 valence electrons. The van der Waals surface area contributed by atoms with Crippen LogP contribution in [0.25, 0.3) is 10.8 Å². The van der Waals surface area contributed by atoms with Crippen molar-refractivity contribution in [3.63, 3.8) is 0 Å². The van der Waals surface area contributed by atoms with E-state index in [0.29, 0.717) is 27.8 Å². The van der Waals surface area contributed by atoms with E-state index in [1.807, 2.05) is 24.5 Å². The van der Waals surface area contributed by atoms with Crippen molar-refractivity contribution in [2.45, 2.75) is 17.1 Å². The number of phenolic OH excluding ortho intramolecular Hbond substituents is 1. The van der Waals surface area contributed by atoms with Gasteiger partial charge in [0.25, 0.3) is 0 Å². The van der Waals surface area contributed by atoms with Gasteiger partial charge in [-0.15, -0.1) is 11.8 Å². The molecule has 0 spiro atoms. The van der Waals surface area contributed by atoms with Crippen LogP contribution in [0, 0.1) is 0 Å². The molecule has 3 N–H and O–H groups in total. The van der Waals surface area contributed by atoms with Crippen molar-refractivity contribution in [1.82, 2.24) is 0 Å². The predicted octanol–water partition coefficient (Wildman–Crippen LogP) is 6.65. The standard InChI is InChI=1S/C29H25NO6S/c1-37-21-13-11-19(12-14-21)30-29(34)36-28(24-15-16-25(31)23-10-6-5-9-22(23)24)26(17-18-27(32)33)35-20-7-3-2-4-8-20/h2-18,26,28,31H,1H3,(H,30,34)(H,32,33)/b18-17+/t26-,28-/m1/s1. The number of rotatable bonds is 9. The number of phenols is 1. The van der Waals surface area contributed by atoms with Crippen LogP contribution in [0.1, 0.15) is 11.7 Å². The van der Waals surface area contributed by atoms with E-state index < -0.39 is 24.3 Å². The summed E-state index contributed by atoms with van der Waals surface area (Å²) in [4.78, 5) is 25.5. The third-order valence-electron chi connectivity index (χ3n) is 5.55. The second-order valence-electron chi connectivity index (χ2n) is 7.99. The summed E-state index contributed by atoms with van der Waals surface area (Å²) in [5.41, 5.74) is 1.08. The van der Waals surface area contributed by atoms with E-state index in [4.69, 9.17) is 9.47 Å². The van der Waals surface area contributed by atoms with Crippen molar-refractivity contribution >= 4 is 40.3 Å². The summed E-state index contributed by atoms with van der Waals surface area (Å²) < 4.78 is 12.0. The number of aromatic hydroxyl groups is 1. The van der Waals surface area contributed by atoms with Gasteiger partial charge in [-0.25, -0.2) is 9.59 Å². The lowest BCUT2D eigenvalue weighted by Gasteiger charge is -2.27. The number of anilines is 1. The Morgan fingerprint density at radius 3 is 2.24 bits per heavy atom. The fourth-order valence-corrected chi connectivity index (χ4v) is 4.24. The number of fused-ring (bicyclic) bond motifs is 1. The van der Waals surface area contributed by atoms with E-state index >= 15 is 0 Å². The molecule has 0 bridgehead atoms. The van der Waals surface area contributed by atoms with Crippen LogP contribution in [-0.2, 0) is 9.53 Å². The van der Waals surface area contributed by atoms with Gasteiger partial charge in [0.05, 0.1) is 0 Å². The number of carboxylic acid groups (broad SMARTS) is 1. The number of carboxylic acids is 1. The van der Waals surface area contributed by atoms with Gasteiger partial charge in [-0.2, -0.15) is 0 Å². The molecular weight excluding hydrogens is 490 g/mol. The normalized spacial score (nSPS) is 12.7. The minimum absolute atomic E-state index is 0.0676. The number of hydrogen-bond acceptors (Lipinski definition) is 6. The van der Waals surface area contributed by atoms with Gasteiger partial charge in [0.15, 0.2) is 12.2 Å². The van der Waals surface area contributed by atoms with Crippen LogP contribution in [-0.4, -0.2) is 34.6 Å². The smallest absolute Gasteiger partial charge is 0.412 e. The molecule has 4 aromatic carbocycles. The van der Waals surface area contributed by atoms with Gasteiger partial charge < -0.3 is 19.7 Å². The Morgan fingerprint density at radius 1 is 0.892 bits per heavy atom. The number of hydrogen-bond donors (Lipinski definition) is 3. The number of carbonyl (C=O) groups is 2. The summed E-state index contributed by atoms with van der Waals surface area (Å²) in [5, 5.41) is 23.6. The fourth-order valence-electron chi connectivity index (χ4n) is 3.83. The molecule has 0 aromatic heterocycles. The molecule has 0 aliphatic rings. The first-order valence-electron chi connectivity index (χ1n) is 11.4. The average molecular weight is 516 g/mol. The Hall–Kier alpha value is -4.43. The lowest BCUT2D eigenvalue weighted by atomic mass is 9.96. The van der Waals surface area contributed by atoms with Crippen LogP contribution in [0.15, 0.2) is 108 Å². The highest BCUT2D eigenvalue weighted by Gasteiger charge is 2.30. The van der Waals surface area contributed by atoms with Crippen LogP contribution in [0.2, 0.25) is 0 Å². The quantitative estimate of drug-likeness (QED) is 0.169. The molecule has 0 saturated heterocycles. The van der Waals surface area contributed by atoms with Gasteiger partial charge in [0.2, 0.25) is 0 Å². The van der Waals surface area contributed by atoms with Gasteiger partial charge in [-0.3, -0.25) is 5.32 Å². The zero-order chi connectivity index (χ0) is 26.2. The Kier molecular flexibility index (Phi) is 8.33. The molecular formula is C29H25NO6S. The first kappa shape index (κ1) is 25.7. The summed E-state index contributed by atoms with van der Waals surface area (Å²) >= 11 is 1.58. The van der Waals surface area contributed by atoms with E-state index in [0.717, 1.165) is 11.0 Å². The van der Waals surface area contributed by atoms with Crippen molar-refractivity contribution < 1.29 is 29.3 Å². The van der Waals surface area contributed by atoms with Crippen LogP contribution in [0.4, 0.5) is 10.5 Å². The molecule has 8 heteroatoms. The summed E-state index contributed by atoms with van der Waals surface area (Å²) in [7, 11) is 0. The number of para-hydroxylation sites is 1. The van der Waals surface area contributed by atoms with Gasteiger partial charge in [-0.05, 0) is 60.2 Å². The minimum Gasteiger partial charge on any atom is -0.507 e. The zero-order valence-electron chi connectivity index (χ0n) is 19.9. The van der Waals surface area contributed by atoms with E-state index in [1.165, 1.54) is 12.1 Å². The summed E-state index contributed by atoms with van der Waals surface area (Å²) in [5.74, 6) is -0.639. The molecule has 37 heavy (non-hydrogen) atoms. The second-order valence-corrected chi connectivity index (χ2v) is 8.87. The third-order valence-corrected chi connectivity index (χ3v) is 6.30. The number of ether oxygens (including phenoxy) is 2. The SMILES string of the molecule is CSc1ccc(NC(=O)O[C@H](c2ccc(O)c3ccccc23)[C@@H](/C=C/C(=O)O)Oc2ccccc2)cc1. The highest BCUT2D eigenvalue weighted by molar-refractivity contribution is 7.98. The first-order chi connectivity index (χ1) is 17.9. The molecule has 0 radical (unpaired) electrons. The Morgan fingerprint density at radius 2 is 1.57 bits per heavy atom. The zero-order valence-corrected chi connectivity index (χ0v) is 20.7. The number of aliphatic carboxylic acids is 1. The highest BCUT2D eigenvalue weighted by atomic mass is 32.2. The Bertz CT molecular complexity index is 1410. The number of amides is 1. The van der Waals surface area contributed by atoms with E-state index in [9.17, 15) is 19.8 Å². The summed E-state index contributed by atoms with van der Waals surface area (Å²) in [6.45, 7) is 0. The number of carbonyl (C=O) groups excluding carboxylic acids is 1. The molecule has 0 saturated carbocycles. The van der Waals surface area contributed by atoms with Gasteiger partial charge >= 0.3 is 12.1 Å². The maximum absolute atomic E-state index is 13.1. The average Bonchev–Trinajstić information content (AvgIpc) is 2.91. The second kappa shape index (κ2) is 12.0. The Balaban J connectivity index is 1.75. The monoisotopic (exact) mass is 515 g/mol. The van der Waals surface area contributed by atoms with Crippen LogP contribution < -0.4 is 10.1 Å². The van der Waals surface area contributed by atoms with Gasteiger partial charge in [0, 0.05) is 27.6 Å². The molecule has 0 fully saturated rings. The topological polar surface area (TPSA) is 105 Å². The molecule has 2 atom stereocenters. The molecule has 0 aliphatic heterocycles. The van der Waals surface area contributed by atoms with Crippen molar-refractivity contribution in [2.75, 3.05) is 11.6 Å². The maximum atomic E-state index is 13.1. The third kappa shape index (κ3) is 6.62. The summed E-state index contributed by atoms with van der Waals surface area (Å²) in [6, 6.07) is 26.4. The van der Waals surface area contributed by atoms with Crippen LogP contribution >= 0.6 is 11.8 Å². The Labute approximate surface area is 218 Å². The predicted molar refractivity (Wildman–Crippen MR) is 144 cm³/mol. The molecule has 0 aliphatic carbocycles. The maximum Gasteiger partial charge on any atom is 0.412 e. The largest absolute Gasteiger partial charge is 0.507 e. The first-order valence-corrected chi connectivity index (χ1v) is 12.6. The lowest BCUT2D eigenvalue weighted by Crippen LogP contribution is -2.30. The molecule has 7 nitrogen and oxygen atoms in total. The van der Waals surface area contributed by atoms with Crippen molar-refractivity contribution in [1.29, 1.82) is 0 Å². The van der Waals surface area contributed by atoms with E-state index in [-0.39, 0.29) is 5.75 Å². The molecule has 4 aromatic rings. The van der Waals surface area contributed by atoms with E-state index in [1.54, 1.807) is 78.5 Å². The highest BCUT2D eigenvalue weighted by Crippen LogP contribution is 2.36. The van der Waals surface area contributed by atoms with Crippen molar-refractivity contribution in [3.8, 4) is 11.5 Å². The number of benzene rings is 4. The molecule has 4 rings (SSSR count). The van der Waals surface area contributed by atoms with Crippen molar-refractivity contribution in [3.05, 3.63) is 109 Å². The molecule has 0 unspecified atom stereocenters. The fraction of sp³-hybridized carbons (Fsp3) is 0.103. The minimum atomic E-state index is -1.17. The number of nitrogens with one attached hydrogen (secondary N) is 1. The lowest BCUT2D eigenvalue weighted by molar-refractivity contribution is -0.131. The van der Waals surface area contributed by atoms with Crippen molar-refractivity contribution in [2.24, 2.45) is 0 Å². The molecule has 1 amide bonds. The number of thioether (sulfide) groups is 1. The summed E-state index contributed by atoms with van der Waals surface area (Å²) in [6.07, 6.45) is 1.43. The van der Waals surface area contributed by atoms with Gasteiger partial charge in [0.1, 0.15) is 11.5 Å². The van der Waals surface area contributed by atoms with Crippen LogP contribution in [0.3, 0.4) is 0 Å². The van der Waals surface area contributed by atoms with Crippen LogP contribution in [0.5, 0.6) is 11.5 Å². The van der Waals surface area contributed by atoms with Gasteiger partial charge in [-0.1, -0.05) is 48.5 Å².